The molecular weight excluding hydrogens is 554 g/mol. The maximum absolute atomic E-state index is 14.5. The van der Waals surface area contributed by atoms with Crippen LogP contribution in [0.2, 0.25) is 0 Å². The van der Waals surface area contributed by atoms with E-state index in [2.05, 4.69) is 20.9 Å². The van der Waals surface area contributed by atoms with Crippen LogP contribution in [0.15, 0.2) is 72.8 Å². The van der Waals surface area contributed by atoms with Crippen molar-refractivity contribution in [1.29, 1.82) is 0 Å². The van der Waals surface area contributed by atoms with Gasteiger partial charge in [-0.15, -0.1) is 0 Å². The summed E-state index contributed by atoms with van der Waals surface area (Å²) in [4.78, 5) is 27.8. The minimum atomic E-state index is -4.71. The Balaban J connectivity index is 1.26. The topological polar surface area (TPSA) is 109 Å². The Labute approximate surface area is 239 Å². The number of morpholine rings is 1. The summed E-state index contributed by atoms with van der Waals surface area (Å²) < 4.78 is 58.7. The first kappa shape index (κ1) is 29.2. The van der Waals surface area contributed by atoms with Gasteiger partial charge in [0.1, 0.15) is 11.9 Å². The summed E-state index contributed by atoms with van der Waals surface area (Å²) in [6, 6.07) is 15.1. The number of rotatable bonds is 10. The average molecular weight is 584 g/mol. The van der Waals surface area contributed by atoms with Crippen LogP contribution >= 0.6 is 0 Å². The van der Waals surface area contributed by atoms with E-state index >= 15 is 0 Å². The summed E-state index contributed by atoms with van der Waals surface area (Å²) in [5.41, 5.74) is 6.50. The number of para-hydroxylation sites is 2. The number of amides is 2. The summed E-state index contributed by atoms with van der Waals surface area (Å²) in [5.74, 6) is -2.20. The molecule has 5 N–H and O–H groups in total. The van der Waals surface area contributed by atoms with E-state index in [9.17, 15) is 27.2 Å². The first-order chi connectivity index (χ1) is 20.1. The van der Waals surface area contributed by atoms with Crippen LogP contribution in [0.25, 0.3) is 6.08 Å². The standard InChI is InChI=1S/C30H29F4N5O3/c31-21-15-20(30(32,33)34)10-11-23(21)38-29(41)28(36-13-14-39-16-26-25(39)17-42-26)19-8-5-18(6-9-19)7-12-27(40)37-24-4-2-1-3-22(24)35/h1-12,15,25-26,28,36H,13-14,16-17,35H2,(H,37,40)(H,38,41)/b12-7+. The van der Waals surface area contributed by atoms with Crippen LogP contribution < -0.4 is 21.7 Å². The number of nitrogens with two attached hydrogens (primary N) is 1. The highest BCUT2D eigenvalue weighted by atomic mass is 19.4. The summed E-state index contributed by atoms with van der Waals surface area (Å²) in [7, 11) is 0. The van der Waals surface area contributed by atoms with E-state index in [1.54, 1.807) is 54.6 Å². The monoisotopic (exact) mass is 583 g/mol. The van der Waals surface area contributed by atoms with Crippen molar-refractivity contribution in [2.45, 2.75) is 24.4 Å². The fraction of sp³-hybridized carbons (Fsp3) is 0.267. The van der Waals surface area contributed by atoms with E-state index in [-0.39, 0.29) is 17.7 Å². The zero-order valence-corrected chi connectivity index (χ0v) is 22.3. The number of halogens is 4. The molecule has 2 saturated heterocycles. The smallest absolute Gasteiger partial charge is 0.397 e. The van der Waals surface area contributed by atoms with Crippen molar-refractivity contribution >= 4 is 35.0 Å². The van der Waals surface area contributed by atoms with Gasteiger partial charge in [0.15, 0.2) is 0 Å². The Bertz CT molecular complexity index is 1480. The lowest BCUT2D eigenvalue weighted by atomic mass is 9.95. The molecule has 0 radical (unpaired) electrons. The van der Waals surface area contributed by atoms with Crippen LogP contribution in [0.3, 0.4) is 0 Å². The Morgan fingerprint density at radius 1 is 1.05 bits per heavy atom. The van der Waals surface area contributed by atoms with Crippen LogP contribution in [0.1, 0.15) is 22.7 Å². The second-order valence-corrected chi connectivity index (χ2v) is 10.1. The molecule has 0 bridgehead atoms. The Kier molecular flexibility index (Phi) is 8.57. The van der Waals surface area contributed by atoms with Gasteiger partial charge in [-0.05, 0) is 47.5 Å². The van der Waals surface area contributed by atoms with E-state index in [1.165, 1.54) is 6.08 Å². The summed E-state index contributed by atoms with van der Waals surface area (Å²) in [5, 5.41) is 8.29. The molecule has 220 valence electrons. The van der Waals surface area contributed by atoms with Gasteiger partial charge in [0.2, 0.25) is 11.8 Å². The highest BCUT2D eigenvalue weighted by Gasteiger charge is 2.46. The van der Waals surface area contributed by atoms with Crippen molar-refractivity contribution in [2.75, 3.05) is 42.6 Å². The molecule has 0 saturated carbocycles. The maximum Gasteiger partial charge on any atom is 0.416 e. The zero-order chi connectivity index (χ0) is 29.9. The van der Waals surface area contributed by atoms with Gasteiger partial charge >= 0.3 is 6.18 Å². The number of nitrogens with one attached hydrogen (secondary N) is 3. The number of benzene rings is 3. The first-order valence-electron chi connectivity index (χ1n) is 13.3. The number of carbonyl (C=O) groups is 2. The number of nitrogen functional groups attached to an aromatic ring is 1. The Morgan fingerprint density at radius 3 is 2.43 bits per heavy atom. The van der Waals surface area contributed by atoms with Crippen LogP contribution in [-0.4, -0.2) is 55.1 Å². The van der Waals surface area contributed by atoms with E-state index < -0.39 is 29.5 Å². The SMILES string of the molecule is Nc1ccccc1NC(=O)/C=C/c1ccc(C(NCCN2CC3OCC32)C(=O)Nc2ccc(C(F)(F)F)cc2F)cc1. The van der Waals surface area contributed by atoms with Crippen molar-refractivity contribution in [2.24, 2.45) is 0 Å². The first-order valence-corrected chi connectivity index (χ1v) is 13.3. The second kappa shape index (κ2) is 12.3. The molecular formula is C30H29F4N5O3. The number of nitrogens with zero attached hydrogens (tertiary/aromatic N) is 1. The van der Waals surface area contributed by atoms with Crippen molar-refractivity contribution in [3.05, 3.63) is 95.3 Å². The predicted octanol–water partition coefficient (Wildman–Crippen LogP) is 4.43. The fourth-order valence-electron chi connectivity index (χ4n) is 4.79. The third-order valence-electron chi connectivity index (χ3n) is 7.27. The third kappa shape index (κ3) is 6.78. The van der Waals surface area contributed by atoms with Gasteiger partial charge in [0.05, 0.1) is 41.4 Å². The molecule has 2 aliphatic heterocycles. The molecule has 0 spiro atoms. The lowest BCUT2D eigenvalue weighted by Crippen LogP contribution is -2.71. The molecule has 3 unspecified atom stereocenters. The van der Waals surface area contributed by atoms with Gasteiger partial charge in [-0.1, -0.05) is 36.4 Å². The number of likely N-dealkylation sites (tertiary alicyclic amines) is 1. The predicted molar refractivity (Wildman–Crippen MR) is 151 cm³/mol. The number of ether oxygens (including phenoxy) is 1. The molecule has 2 aliphatic rings. The minimum Gasteiger partial charge on any atom is -0.397 e. The van der Waals surface area contributed by atoms with E-state index in [4.69, 9.17) is 10.5 Å². The van der Waals surface area contributed by atoms with Crippen molar-refractivity contribution in [1.82, 2.24) is 10.2 Å². The normalized spacial score (nSPS) is 19.0. The quantitative estimate of drug-likeness (QED) is 0.160. The molecule has 0 aliphatic carbocycles. The molecule has 12 heteroatoms. The fourth-order valence-corrected chi connectivity index (χ4v) is 4.79. The molecule has 3 aromatic rings. The average Bonchev–Trinajstić information content (AvgIpc) is 2.94. The molecule has 42 heavy (non-hydrogen) atoms. The minimum absolute atomic E-state index is 0.263. The molecule has 2 heterocycles. The van der Waals surface area contributed by atoms with E-state index in [1.807, 2.05) is 0 Å². The van der Waals surface area contributed by atoms with E-state index in [0.29, 0.717) is 60.4 Å². The summed E-state index contributed by atoms with van der Waals surface area (Å²) >= 11 is 0. The van der Waals surface area contributed by atoms with Gasteiger partial charge in [0.25, 0.3) is 0 Å². The summed E-state index contributed by atoms with van der Waals surface area (Å²) in [6.45, 7) is 2.57. The third-order valence-corrected chi connectivity index (χ3v) is 7.27. The number of anilines is 3. The zero-order valence-electron chi connectivity index (χ0n) is 22.3. The maximum atomic E-state index is 14.5. The van der Waals surface area contributed by atoms with Gasteiger partial charge in [-0.2, -0.15) is 13.2 Å². The number of alkyl halides is 3. The lowest BCUT2D eigenvalue weighted by Gasteiger charge is -2.55. The number of carbonyl (C=O) groups excluding carboxylic acids is 2. The van der Waals surface area contributed by atoms with E-state index in [0.717, 1.165) is 12.6 Å². The molecule has 2 fully saturated rings. The number of hydrogen-bond acceptors (Lipinski definition) is 6. The van der Waals surface area contributed by atoms with Gasteiger partial charge in [-0.3, -0.25) is 14.5 Å². The largest absolute Gasteiger partial charge is 0.416 e. The van der Waals surface area contributed by atoms with Crippen LogP contribution in [0.5, 0.6) is 0 Å². The second-order valence-electron chi connectivity index (χ2n) is 10.1. The number of hydrogen-bond donors (Lipinski definition) is 4. The lowest BCUT2D eigenvalue weighted by molar-refractivity contribution is -0.213. The highest BCUT2D eigenvalue weighted by Crippen LogP contribution is 2.32. The molecule has 3 aromatic carbocycles. The van der Waals surface area contributed by atoms with Crippen LogP contribution in [-0.2, 0) is 20.5 Å². The molecule has 8 nitrogen and oxygen atoms in total. The molecule has 0 aromatic heterocycles. The molecule has 2 amide bonds. The van der Waals surface area contributed by atoms with Crippen molar-refractivity contribution in [3.8, 4) is 0 Å². The van der Waals surface area contributed by atoms with Gasteiger partial charge < -0.3 is 26.4 Å². The van der Waals surface area contributed by atoms with Crippen molar-refractivity contribution in [3.63, 3.8) is 0 Å². The van der Waals surface area contributed by atoms with Gasteiger partial charge in [-0.25, -0.2) is 4.39 Å². The number of fused-ring (bicyclic) bond motifs is 1. The molecule has 5 rings (SSSR count). The van der Waals surface area contributed by atoms with Crippen molar-refractivity contribution < 1.29 is 31.9 Å². The van der Waals surface area contributed by atoms with Crippen LogP contribution in [0, 0.1) is 5.82 Å². The summed E-state index contributed by atoms with van der Waals surface area (Å²) in [6.07, 6.45) is -1.50. The molecule has 3 atom stereocenters. The Morgan fingerprint density at radius 2 is 1.81 bits per heavy atom. The Hall–Kier alpha value is -4.26. The van der Waals surface area contributed by atoms with Crippen LogP contribution in [0.4, 0.5) is 34.6 Å². The highest BCUT2D eigenvalue weighted by molar-refractivity contribution is 6.03. The van der Waals surface area contributed by atoms with Gasteiger partial charge in [0, 0.05) is 25.7 Å².